The Hall–Kier alpha value is -4.01. The van der Waals surface area contributed by atoms with Crippen LogP contribution in [0.25, 0.3) is 0 Å². The van der Waals surface area contributed by atoms with Crippen LogP contribution in [0.5, 0.6) is 0 Å². The molecule has 2 aromatic rings. The zero-order valence-electron chi connectivity index (χ0n) is 17.7. The smallest absolute Gasteiger partial charge is 0.330 e. The summed E-state index contributed by atoms with van der Waals surface area (Å²) in [5.41, 5.74) is 1.27. The summed E-state index contributed by atoms with van der Waals surface area (Å²) in [6, 6.07) is 13.4. The average Bonchev–Trinajstić information content (AvgIpc) is 3.02. The molecule has 9 nitrogen and oxygen atoms in total. The molecule has 0 aliphatic carbocycles. The van der Waals surface area contributed by atoms with Gasteiger partial charge in [0.1, 0.15) is 6.04 Å². The van der Waals surface area contributed by atoms with E-state index in [0.29, 0.717) is 0 Å². The Bertz CT molecular complexity index is 1020. The van der Waals surface area contributed by atoms with Gasteiger partial charge in [-0.2, -0.15) is 0 Å². The molecular formula is C23H23N3O6. The van der Waals surface area contributed by atoms with Crippen LogP contribution in [-0.2, 0) is 20.9 Å². The molecule has 0 unspecified atom stereocenters. The molecule has 0 spiro atoms. The molecule has 1 heterocycles. The van der Waals surface area contributed by atoms with Gasteiger partial charge in [-0.3, -0.25) is 24.6 Å². The lowest BCUT2D eigenvalue weighted by atomic mass is 10.0. The lowest BCUT2D eigenvalue weighted by Gasteiger charge is -2.27. The van der Waals surface area contributed by atoms with Crippen LogP contribution < -0.4 is 10.6 Å². The molecule has 2 N–H and O–H groups in total. The lowest BCUT2D eigenvalue weighted by Crippen LogP contribution is -2.49. The number of ether oxygens (including phenoxy) is 1. The van der Waals surface area contributed by atoms with E-state index < -0.39 is 48.3 Å². The molecule has 1 atom stereocenters. The Labute approximate surface area is 184 Å². The predicted molar refractivity (Wildman–Crippen MR) is 113 cm³/mol. The minimum atomic E-state index is -1.21. The van der Waals surface area contributed by atoms with E-state index in [4.69, 9.17) is 4.74 Å². The third-order valence-corrected chi connectivity index (χ3v) is 4.87. The third-order valence-electron chi connectivity index (χ3n) is 4.87. The number of carbonyl (C=O) groups is 5. The number of esters is 1. The molecule has 0 saturated heterocycles. The molecule has 0 aromatic heterocycles. The Kier molecular flexibility index (Phi) is 6.99. The highest BCUT2D eigenvalue weighted by Gasteiger charge is 2.44. The molecule has 9 heteroatoms. The van der Waals surface area contributed by atoms with E-state index >= 15 is 0 Å². The number of nitrogens with zero attached hydrogens (tertiary/aromatic N) is 1. The van der Waals surface area contributed by atoms with Gasteiger partial charge in [0.05, 0.1) is 11.1 Å². The van der Waals surface area contributed by atoms with Gasteiger partial charge in [0, 0.05) is 6.54 Å². The van der Waals surface area contributed by atoms with Crippen molar-refractivity contribution in [3.05, 3.63) is 71.3 Å². The van der Waals surface area contributed by atoms with Gasteiger partial charge in [0.15, 0.2) is 6.61 Å². The summed E-state index contributed by atoms with van der Waals surface area (Å²) in [4.78, 5) is 62.8. The Balaban J connectivity index is 1.55. The Morgan fingerprint density at radius 2 is 1.47 bits per heavy atom. The number of benzene rings is 2. The lowest BCUT2D eigenvalue weighted by molar-refractivity contribution is -0.153. The molecule has 0 fully saturated rings. The largest absolute Gasteiger partial charge is 0.454 e. The van der Waals surface area contributed by atoms with E-state index in [2.05, 4.69) is 10.6 Å². The van der Waals surface area contributed by atoms with E-state index in [0.717, 1.165) is 10.5 Å². The van der Waals surface area contributed by atoms with Crippen LogP contribution in [0.1, 0.15) is 40.1 Å². The quantitative estimate of drug-likeness (QED) is 0.504. The summed E-state index contributed by atoms with van der Waals surface area (Å²) in [6.07, 6.45) is 0. The first-order valence-electron chi connectivity index (χ1n) is 10.0. The summed E-state index contributed by atoms with van der Waals surface area (Å²) in [5.74, 6) is -3.39. The van der Waals surface area contributed by atoms with Crippen LogP contribution in [-0.4, -0.2) is 47.3 Å². The van der Waals surface area contributed by atoms with Crippen LogP contribution in [0.4, 0.5) is 4.79 Å². The van der Waals surface area contributed by atoms with Gasteiger partial charge in [0.25, 0.3) is 17.7 Å². The first-order chi connectivity index (χ1) is 15.3. The Morgan fingerprint density at radius 3 is 2.03 bits per heavy atom. The summed E-state index contributed by atoms with van der Waals surface area (Å²) >= 11 is 0. The fourth-order valence-corrected chi connectivity index (χ4v) is 3.34. The second kappa shape index (κ2) is 9.86. The minimum Gasteiger partial charge on any atom is -0.454 e. The highest BCUT2D eigenvalue weighted by atomic mass is 16.5. The second-order valence-electron chi connectivity index (χ2n) is 7.54. The van der Waals surface area contributed by atoms with E-state index in [1.807, 2.05) is 30.3 Å². The highest BCUT2D eigenvalue weighted by molar-refractivity contribution is 6.22. The second-order valence-corrected chi connectivity index (χ2v) is 7.54. The van der Waals surface area contributed by atoms with Crippen LogP contribution in [0.3, 0.4) is 0 Å². The normalized spacial score (nSPS) is 13.5. The predicted octanol–water partition coefficient (Wildman–Crippen LogP) is 1.88. The van der Waals surface area contributed by atoms with Crippen molar-refractivity contribution in [2.24, 2.45) is 5.92 Å². The van der Waals surface area contributed by atoms with Gasteiger partial charge in [-0.15, -0.1) is 0 Å². The van der Waals surface area contributed by atoms with Crippen LogP contribution in [0.2, 0.25) is 0 Å². The van der Waals surface area contributed by atoms with Crippen molar-refractivity contribution in [3.8, 4) is 0 Å². The highest BCUT2D eigenvalue weighted by Crippen LogP contribution is 2.27. The molecule has 2 aromatic carbocycles. The van der Waals surface area contributed by atoms with Crippen molar-refractivity contribution < 1.29 is 28.7 Å². The number of urea groups is 1. The van der Waals surface area contributed by atoms with Crippen molar-refractivity contribution in [1.29, 1.82) is 0 Å². The number of rotatable bonds is 7. The maximum Gasteiger partial charge on any atom is 0.330 e. The number of hydrogen-bond donors (Lipinski definition) is 2. The SMILES string of the molecule is CC(C)[C@@H](C(=O)OCC(=O)NC(=O)NCc1ccccc1)N1C(=O)c2ccccc2C1=O. The van der Waals surface area contributed by atoms with Gasteiger partial charge in [-0.1, -0.05) is 56.3 Å². The van der Waals surface area contributed by atoms with Crippen molar-refractivity contribution >= 4 is 29.7 Å². The molecular weight excluding hydrogens is 414 g/mol. The zero-order valence-corrected chi connectivity index (χ0v) is 17.7. The van der Waals surface area contributed by atoms with Crippen LogP contribution in [0, 0.1) is 5.92 Å². The fourth-order valence-electron chi connectivity index (χ4n) is 3.34. The van der Waals surface area contributed by atoms with Crippen molar-refractivity contribution in [2.45, 2.75) is 26.4 Å². The summed E-state index contributed by atoms with van der Waals surface area (Å²) in [6.45, 7) is 2.80. The van der Waals surface area contributed by atoms with E-state index in [-0.39, 0.29) is 17.7 Å². The molecule has 0 saturated carbocycles. The summed E-state index contributed by atoms with van der Waals surface area (Å²) < 4.78 is 5.02. The molecule has 0 radical (unpaired) electrons. The number of hydrogen-bond acceptors (Lipinski definition) is 6. The Morgan fingerprint density at radius 1 is 0.906 bits per heavy atom. The molecule has 5 amide bonds. The molecule has 1 aliphatic rings. The standard InChI is InChI=1S/C23H23N3O6/c1-14(2)19(26-20(28)16-10-6-7-11-17(16)21(26)29)22(30)32-13-18(27)25-23(31)24-12-15-8-4-3-5-9-15/h3-11,14,19H,12-13H2,1-2H3,(H2,24,25,27,31)/t19-/m0/s1. The minimum absolute atomic E-state index is 0.212. The monoisotopic (exact) mass is 437 g/mol. The maximum absolute atomic E-state index is 12.7. The fraction of sp³-hybridized carbons (Fsp3) is 0.261. The van der Waals surface area contributed by atoms with E-state index in [9.17, 15) is 24.0 Å². The molecule has 32 heavy (non-hydrogen) atoms. The van der Waals surface area contributed by atoms with Gasteiger partial charge in [0.2, 0.25) is 0 Å². The number of imide groups is 2. The average molecular weight is 437 g/mol. The number of carbonyl (C=O) groups excluding carboxylic acids is 5. The molecule has 166 valence electrons. The number of amides is 5. The molecule has 3 rings (SSSR count). The number of nitrogens with one attached hydrogen (secondary N) is 2. The van der Waals surface area contributed by atoms with Gasteiger partial charge < -0.3 is 10.1 Å². The van der Waals surface area contributed by atoms with Crippen LogP contribution in [0.15, 0.2) is 54.6 Å². The third kappa shape index (κ3) is 5.00. The van der Waals surface area contributed by atoms with E-state index in [1.54, 1.807) is 26.0 Å². The van der Waals surface area contributed by atoms with Gasteiger partial charge >= 0.3 is 12.0 Å². The maximum atomic E-state index is 12.7. The van der Waals surface area contributed by atoms with Crippen molar-refractivity contribution in [1.82, 2.24) is 15.5 Å². The van der Waals surface area contributed by atoms with Crippen LogP contribution >= 0.6 is 0 Å². The van der Waals surface area contributed by atoms with Gasteiger partial charge in [-0.05, 0) is 23.6 Å². The van der Waals surface area contributed by atoms with Gasteiger partial charge in [-0.25, -0.2) is 9.59 Å². The number of fused-ring (bicyclic) bond motifs is 1. The molecule has 0 bridgehead atoms. The zero-order chi connectivity index (χ0) is 23.3. The van der Waals surface area contributed by atoms with Crippen molar-refractivity contribution in [3.63, 3.8) is 0 Å². The molecule has 1 aliphatic heterocycles. The summed E-state index contributed by atoms with van der Waals surface area (Å²) in [7, 11) is 0. The van der Waals surface area contributed by atoms with E-state index in [1.165, 1.54) is 12.1 Å². The first kappa shape index (κ1) is 22.7. The first-order valence-corrected chi connectivity index (χ1v) is 10.0. The topological polar surface area (TPSA) is 122 Å². The van der Waals surface area contributed by atoms with Crippen molar-refractivity contribution in [2.75, 3.05) is 6.61 Å². The summed E-state index contributed by atoms with van der Waals surface area (Å²) in [5, 5.41) is 4.58.